The largest absolute Gasteiger partial charge is 0.481 e. The van der Waals surface area contributed by atoms with Crippen molar-refractivity contribution in [2.24, 2.45) is 0 Å². The van der Waals surface area contributed by atoms with Crippen molar-refractivity contribution in [3.63, 3.8) is 0 Å². The van der Waals surface area contributed by atoms with E-state index in [0.717, 1.165) is 31.4 Å². The van der Waals surface area contributed by atoms with Crippen molar-refractivity contribution in [2.45, 2.75) is 25.3 Å². The maximum absolute atomic E-state index is 12.3. The Morgan fingerprint density at radius 1 is 1.27 bits per heavy atom. The molecule has 1 aromatic carbocycles. The highest BCUT2D eigenvalue weighted by molar-refractivity contribution is 5.80. The van der Waals surface area contributed by atoms with Gasteiger partial charge < -0.3 is 14.6 Å². The number of benzene rings is 1. The fraction of sp³-hybridized carbons (Fsp3) is 0.412. The van der Waals surface area contributed by atoms with Gasteiger partial charge in [-0.2, -0.15) is 0 Å². The van der Waals surface area contributed by atoms with Gasteiger partial charge in [-0.05, 0) is 45.1 Å². The van der Waals surface area contributed by atoms with Crippen LogP contribution in [0.4, 0.5) is 0 Å². The van der Waals surface area contributed by atoms with Gasteiger partial charge in [-0.3, -0.25) is 9.59 Å². The fourth-order valence-corrected chi connectivity index (χ4v) is 3.32. The standard InChI is InChI=1S/C17H20N2O3/c1-18-8-6-12(7-9-18)19-13(11-17(21)22)10-16(20)14-4-2-3-5-15(14)19/h2-5,10,12H,6-9,11H2,1H3,(H,21,22). The van der Waals surface area contributed by atoms with Gasteiger partial charge in [0.15, 0.2) is 5.43 Å². The molecule has 0 radical (unpaired) electrons. The summed E-state index contributed by atoms with van der Waals surface area (Å²) in [5, 5.41) is 9.83. The number of likely N-dealkylation sites (tertiary alicyclic amines) is 1. The van der Waals surface area contributed by atoms with Gasteiger partial charge in [0.25, 0.3) is 0 Å². The molecule has 1 aliphatic heterocycles. The first kappa shape index (κ1) is 14.8. The number of hydrogen-bond donors (Lipinski definition) is 1. The van der Waals surface area contributed by atoms with E-state index in [2.05, 4.69) is 16.5 Å². The van der Waals surface area contributed by atoms with Crippen LogP contribution in [0.25, 0.3) is 10.9 Å². The van der Waals surface area contributed by atoms with E-state index in [1.807, 2.05) is 24.3 Å². The number of carboxylic acids is 1. The SMILES string of the molecule is CN1CCC(n2c(CC(=O)O)cc(=O)c3ccccc32)CC1. The molecule has 5 nitrogen and oxygen atoms in total. The van der Waals surface area contributed by atoms with Crippen LogP contribution >= 0.6 is 0 Å². The summed E-state index contributed by atoms with van der Waals surface area (Å²) in [6, 6.07) is 9.22. The Kier molecular flexibility index (Phi) is 3.98. The summed E-state index contributed by atoms with van der Waals surface area (Å²) < 4.78 is 2.08. The second kappa shape index (κ2) is 5.93. The Labute approximate surface area is 128 Å². The van der Waals surface area contributed by atoms with E-state index in [1.165, 1.54) is 6.07 Å². The second-order valence-corrected chi connectivity index (χ2v) is 5.99. The fourth-order valence-electron chi connectivity index (χ4n) is 3.32. The van der Waals surface area contributed by atoms with Gasteiger partial charge in [-0.25, -0.2) is 0 Å². The molecule has 2 aromatic rings. The number of piperidine rings is 1. The molecule has 116 valence electrons. The van der Waals surface area contributed by atoms with E-state index in [0.29, 0.717) is 11.1 Å². The number of para-hydroxylation sites is 1. The van der Waals surface area contributed by atoms with Crippen molar-refractivity contribution >= 4 is 16.9 Å². The van der Waals surface area contributed by atoms with E-state index in [9.17, 15) is 14.7 Å². The molecule has 1 saturated heterocycles. The molecule has 3 rings (SSSR count). The molecule has 22 heavy (non-hydrogen) atoms. The quantitative estimate of drug-likeness (QED) is 0.940. The first-order chi connectivity index (χ1) is 10.6. The van der Waals surface area contributed by atoms with Crippen LogP contribution in [0.5, 0.6) is 0 Å². The van der Waals surface area contributed by atoms with Crippen molar-refractivity contribution in [1.29, 1.82) is 0 Å². The number of rotatable bonds is 3. The minimum Gasteiger partial charge on any atom is -0.481 e. The maximum atomic E-state index is 12.3. The number of carbonyl (C=O) groups is 1. The van der Waals surface area contributed by atoms with Crippen molar-refractivity contribution in [2.75, 3.05) is 20.1 Å². The van der Waals surface area contributed by atoms with Crippen molar-refractivity contribution < 1.29 is 9.90 Å². The molecule has 0 spiro atoms. The first-order valence-corrected chi connectivity index (χ1v) is 7.60. The van der Waals surface area contributed by atoms with E-state index in [-0.39, 0.29) is 17.9 Å². The Bertz CT molecular complexity index is 758. The molecular weight excluding hydrogens is 280 g/mol. The zero-order valence-electron chi connectivity index (χ0n) is 12.7. The zero-order chi connectivity index (χ0) is 15.7. The third-order valence-electron chi connectivity index (χ3n) is 4.42. The highest BCUT2D eigenvalue weighted by atomic mass is 16.4. The topological polar surface area (TPSA) is 62.5 Å². The summed E-state index contributed by atoms with van der Waals surface area (Å²) in [6.45, 7) is 1.97. The third kappa shape index (κ3) is 2.76. The van der Waals surface area contributed by atoms with Crippen LogP contribution in [-0.2, 0) is 11.2 Å². The van der Waals surface area contributed by atoms with Gasteiger partial charge in [0.2, 0.25) is 0 Å². The first-order valence-electron chi connectivity index (χ1n) is 7.60. The number of aliphatic carboxylic acids is 1. The van der Waals surface area contributed by atoms with Gasteiger partial charge >= 0.3 is 5.97 Å². The van der Waals surface area contributed by atoms with E-state index in [4.69, 9.17) is 0 Å². The van der Waals surface area contributed by atoms with Crippen LogP contribution in [0.3, 0.4) is 0 Å². The van der Waals surface area contributed by atoms with Crippen LogP contribution in [0, 0.1) is 0 Å². The number of aromatic nitrogens is 1. The van der Waals surface area contributed by atoms with Crippen molar-refractivity contribution in [3.05, 3.63) is 46.2 Å². The second-order valence-electron chi connectivity index (χ2n) is 5.99. The normalized spacial score (nSPS) is 17.0. The highest BCUT2D eigenvalue weighted by Crippen LogP contribution is 2.27. The molecule has 1 N–H and O–H groups in total. The van der Waals surface area contributed by atoms with Gasteiger partial charge in [-0.1, -0.05) is 12.1 Å². The summed E-state index contributed by atoms with van der Waals surface area (Å²) in [6.07, 6.45) is 1.82. The summed E-state index contributed by atoms with van der Waals surface area (Å²) in [7, 11) is 2.10. The molecular formula is C17H20N2O3. The lowest BCUT2D eigenvalue weighted by atomic mass is 10.0. The lowest BCUT2D eigenvalue weighted by Crippen LogP contribution is -2.33. The molecule has 1 aromatic heterocycles. The Balaban J connectivity index is 2.17. The molecule has 0 atom stereocenters. The van der Waals surface area contributed by atoms with Crippen molar-refractivity contribution in [1.82, 2.24) is 9.47 Å². The van der Waals surface area contributed by atoms with E-state index >= 15 is 0 Å². The van der Waals surface area contributed by atoms with Crippen LogP contribution in [0.15, 0.2) is 35.1 Å². The molecule has 0 amide bonds. The van der Waals surface area contributed by atoms with Crippen LogP contribution in [0.2, 0.25) is 0 Å². The van der Waals surface area contributed by atoms with Crippen LogP contribution in [-0.4, -0.2) is 40.7 Å². The number of pyridine rings is 1. The minimum absolute atomic E-state index is 0.101. The molecule has 0 unspecified atom stereocenters. The smallest absolute Gasteiger partial charge is 0.309 e. The maximum Gasteiger partial charge on any atom is 0.309 e. The average molecular weight is 300 g/mol. The molecule has 2 heterocycles. The Morgan fingerprint density at radius 2 is 1.95 bits per heavy atom. The van der Waals surface area contributed by atoms with Crippen molar-refractivity contribution in [3.8, 4) is 0 Å². The number of carboxylic acid groups (broad SMARTS) is 1. The molecule has 1 fully saturated rings. The van der Waals surface area contributed by atoms with Gasteiger partial charge in [0.1, 0.15) is 0 Å². The number of fused-ring (bicyclic) bond motifs is 1. The summed E-state index contributed by atoms with van der Waals surface area (Å²) in [5.74, 6) is -0.906. The Hall–Kier alpha value is -2.14. The van der Waals surface area contributed by atoms with E-state index < -0.39 is 5.97 Å². The third-order valence-corrected chi connectivity index (χ3v) is 4.42. The van der Waals surface area contributed by atoms with Gasteiger partial charge in [0, 0.05) is 23.2 Å². The predicted octanol–water partition coefficient (Wildman–Crippen LogP) is 1.90. The lowest BCUT2D eigenvalue weighted by Gasteiger charge is -2.33. The van der Waals surface area contributed by atoms with Crippen LogP contribution in [0.1, 0.15) is 24.6 Å². The average Bonchev–Trinajstić information content (AvgIpc) is 2.48. The summed E-state index contributed by atoms with van der Waals surface area (Å²) >= 11 is 0. The molecule has 0 bridgehead atoms. The van der Waals surface area contributed by atoms with E-state index in [1.54, 1.807) is 0 Å². The Morgan fingerprint density at radius 3 is 2.64 bits per heavy atom. The van der Waals surface area contributed by atoms with Gasteiger partial charge in [-0.15, -0.1) is 0 Å². The zero-order valence-corrected chi connectivity index (χ0v) is 12.7. The van der Waals surface area contributed by atoms with Gasteiger partial charge in [0.05, 0.1) is 11.9 Å². The lowest BCUT2D eigenvalue weighted by molar-refractivity contribution is -0.136. The number of hydrogen-bond acceptors (Lipinski definition) is 3. The monoisotopic (exact) mass is 300 g/mol. The molecule has 0 aliphatic carbocycles. The van der Waals surface area contributed by atoms with Crippen LogP contribution < -0.4 is 5.43 Å². The summed E-state index contributed by atoms with van der Waals surface area (Å²) in [4.78, 5) is 25.7. The summed E-state index contributed by atoms with van der Waals surface area (Å²) in [5.41, 5.74) is 1.35. The highest BCUT2D eigenvalue weighted by Gasteiger charge is 2.22. The minimum atomic E-state index is -0.906. The predicted molar refractivity (Wildman–Crippen MR) is 85.3 cm³/mol. The number of nitrogens with zero attached hydrogens (tertiary/aromatic N) is 2. The molecule has 5 heteroatoms. The molecule has 1 aliphatic rings. The molecule has 0 saturated carbocycles.